The Morgan fingerprint density at radius 3 is 2.48 bits per heavy atom. The maximum Gasteiger partial charge on any atom is 0.293 e. The molecule has 7 nitrogen and oxygen atoms in total. The number of hydrazine groups is 1. The van der Waals surface area contributed by atoms with Gasteiger partial charge in [0.25, 0.3) is 11.8 Å². The van der Waals surface area contributed by atoms with Gasteiger partial charge in [0.1, 0.15) is 5.75 Å². The van der Waals surface area contributed by atoms with Crippen molar-refractivity contribution in [3.05, 3.63) is 54.0 Å². The average molecular weight is 389 g/mol. The number of carbonyl (C=O) groups is 2. The van der Waals surface area contributed by atoms with Crippen molar-refractivity contribution >= 4 is 29.1 Å². The van der Waals surface area contributed by atoms with E-state index >= 15 is 0 Å². The summed E-state index contributed by atoms with van der Waals surface area (Å²) < 4.78 is 10.6. The number of unbranched alkanes of at least 4 members (excludes halogenated alkanes) is 3. The normalized spacial score (nSPS) is 10.1. The first-order valence-corrected chi connectivity index (χ1v) is 9.19. The third-order valence-corrected chi connectivity index (χ3v) is 3.85. The molecule has 0 unspecified atom stereocenters. The first-order chi connectivity index (χ1) is 13.1. The molecule has 2 rings (SSSR count). The fourth-order valence-electron chi connectivity index (χ4n) is 2.21. The van der Waals surface area contributed by atoms with Crippen molar-refractivity contribution < 1.29 is 18.7 Å². The van der Waals surface area contributed by atoms with Crippen molar-refractivity contribution in [1.29, 1.82) is 0 Å². The first kappa shape index (κ1) is 20.4. The summed E-state index contributed by atoms with van der Waals surface area (Å²) in [5.74, 6) is -0.0562. The van der Waals surface area contributed by atoms with Gasteiger partial charge in [-0.2, -0.15) is 0 Å². The summed E-state index contributed by atoms with van der Waals surface area (Å²) in [5.41, 5.74) is 5.32. The van der Waals surface area contributed by atoms with E-state index in [2.05, 4.69) is 23.1 Å². The molecule has 0 atom stereocenters. The summed E-state index contributed by atoms with van der Waals surface area (Å²) in [6.07, 6.45) is 5.94. The van der Waals surface area contributed by atoms with Crippen LogP contribution in [0.25, 0.3) is 0 Å². The molecule has 1 heterocycles. The lowest BCUT2D eigenvalue weighted by atomic mass is 10.2. The number of hydrogen-bond acceptors (Lipinski definition) is 5. The molecule has 0 fully saturated rings. The zero-order valence-electron chi connectivity index (χ0n) is 15.1. The molecule has 3 N–H and O–H groups in total. The van der Waals surface area contributed by atoms with E-state index in [1.54, 1.807) is 30.3 Å². The maximum atomic E-state index is 12.1. The van der Waals surface area contributed by atoms with Gasteiger partial charge in [0.05, 0.1) is 12.9 Å². The van der Waals surface area contributed by atoms with Crippen molar-refractivity contribution in [2.45, 2.75) is 32.6 Å². The van der Waals surface area contributed by atoms with Crippen LogP contribution >= 0.6 is 12.2 Å². The predicted molar refractivity (Wildman–Crippen MR) is 105 cm³/mol. The fourth-order valence-corrected chi connectivity index (χ4v) is 2.35. The predicted octanol–water partition coefficient (Wildman–Crippen LogP) is 3.19. The van der Waals surface area contributed by atoms with Gasteiger partial charge in [-0.25, -0.2) is 0 Å². The minimum absolute atomic E-state index is 0.0446. The summed E-state index contributed by atoms with van der Waals surface area (Å²) in [5, 5.41) is 2.34. The lowest BCUT2D eigenvalue weighted by molar-refractivity contribution is 0.0927. The van der Waals surface area contributed by atoms with Crippen molar-refractivity contribution in [1.82, 2.24) is 16.2 Å². The summed E-state index contributed by atoms with van der Waals surface area (Å²) in [7, 11) is 0. The molecule has 0 aliphatic rings. The van der Waals surface area contributed by atoms with Gasteiger partial charge in [-0.05, 0) is 55.0 Å². The molecule has 2 aromatic rings. The zero-order chi connectivity index (χ0) is 19.5. The molecule has 0 aliphatic heterocycles. The topological polar surface area (TPSA) is 92.6 Å². The molecule has 0 saturated carbocycles. The molecule has 8 heteroatoms. The van der Waals surface area contributed by atoms with Gasteiger partial charge in [-0.1, -0.05) is 26.2 Å². The van der Waals surface area contributed by atoms with Crippen LogP contribution in [-0.2, 0) is 0 Å². The van der Waals surface area contributed by atoms with E-state index < -0.39 is 5.91 Å². The maximum absolute atomic E-state index is 12.1. The van der Waals surface area contributed by atoms with E-state index in [4.69, 9.17) is 21.4 Å². The second-order valence-electron chi connectivity index (χ2n) is 5.77. The van der Waals surface area contributed by atoms with Gasteiger partial charge >= 0.3 is 0 Å². The Morgan fingerprint density at radius 1 is 1.04 bits per heavy atom. The summed E-state index contributed by atoms with van der Waals surface area (Å²) in [4.78, 5) is 23.9. The van der Waals surface area contributed by atoms with Gasteiger partial charge < -0.3 is 9.15 Å². The minimum atomic E-state index is -0.507. The quantitative estimate of drug-likeness (QED) is 0.365. The van der Waals surface area contributed by atoms with Crippen LogP contribution < -0.4 is 20.9 Å². The number of furan rings is 1. The Balaban J connectivity index is 1.72. The number of ether oxygens (including phenoxy) is 1. The highest BCUT2D eigenvalue weighted by Gasteiger charge is 2.11. The van der Waals surface area contributed by atoms with Gasteiger partial charge in [0.15, 0.2) is 10.9 Å². The Bertz CT molecular complexity index is 745. The van der Waals surface area contributed by atoms with E-state index in [0.29, 0.717) is 12.2 Å². The van der Waals surface area contributed by atoms with E-state index in [1.807, 2.05) is 0 Å². The summed E-state index contributed by atoms with van der Waals surface area (Å²) in [6, 6.07) is 9.89. The molecule has 0 saturated heterocycles. The Kier molecular flexibility index (Phi) is 8.31. The highest BCUT2D eigenvalue weighted by Crippen LogP contribution is 2.13. The number of hydrogen-bond donors (Lipinski definition) is 3. The number of thiocarbonyl (C=S) groups is 1. The lowest BCUT2D eigenvalue weighted by Gasteiger charge is -2.10. The molecule has 144 valence electrons. The standard InChI is InChI=1S/C19H23N3O4S/c1-2-3-4-5-12-25-15-10-8-14(9-11-15)17(23)21-22-19(27)20-18(24)16-7-6-13-26-16/h6-11,13H,2-5,12H2,1H3,(H,21,23)(H2,20,22,24,27). The van der Waals surface area contributed by atoms with Gasteiger partial charge in [-0.3, -0.25) is 25.8 Å². The monoisotopic (exact) mass is 389 g/mol. The Hall–Kier alpha value is -2.87. The first-order valence-electron chi connectivity index (χ1n) is 8.78. The summed E-state index contributed by atoms with van der Waals surface area (Å²) in [6.45, 7) is 2.83. The number of rotatable bonds is 8. The second kappa shape index (κ2) is 11.0. The van der Waals surface area contributed by atoms with Gasteiger partial charge in [0, 0.05) is 5.56 Å². The second-order valence-corrected chi connectivity index (χ2v) is 6.18. The van der Waals surface area contributed by atoms with Crippen LogP contribution in [0.1, 0.15) is 53.5 Å². The number of nitrogens with one attached hydrogen (secondary N) is 3. The van der Waals surface area contributed by atoms with Crippen LogP contribution in [0.5, 0.6) is 5.75 Å². The molecular weight excluding hydrogens is 366 g/mol. The third kappa shape index (κ3) is 7.10. The molecule has 1 aromatic carbocycles. The number of benzene rings is 1. The summed E-state index contributed by atoms with van der Waals surface area (Å²) >= 11 is 4.95. The Labute approximate surface area is 163 Å². The van der Waals surface area contributed by atoms with E-state index in [-0.39, 0.29) is 16.8 Å². The van der Waals surface area contributed by atoms with Crippen LogP contribution in [0.4, 0.5) is 0 Å². The fraction of sp³-hybridized carbons (Fsp3) is 0.316. The number of carbonyl (C=O) groups excluding carboxylic acids is 2. The molecule has 1 aromatic heterocycles. The van der Waals surface area contributed by atoms with Crippen LogP contribution in [0.15, 0.2) is 47.1 Å². The molecule has 0 spiro atoms. The van der Waals surface area contributed by atoms with E-state index in [1.165, 1.54) is 25.2 Å². The molecular formula is C19H23N3O4S. The SMILES string of the molecule is CCCCCCOc1ccc(C(=O)NNC(=S)NC(=O)c2ccco2)cc1. The van der Waals surface area contributed by atoms with Crippen molar-refractivity contribution in [3.8, 4) is 5.75 Å². The smallest absolute Gasteiger partial charge is 0.293 e. The van der Waals surface area contributed by atoms with Crippen molar-refractivity contribution in [3.63, 3.8) is 0 Å². The van der Waals surface area contributed by atoms with Gasteiger partial charge in [0.2, 0.25) is 0 Å². The minimum Gasteiger partial charge on any atom is -0.494 e. The van der Waals surface area contributed by atoms with Crippen molar-refractivity contribution in [2.75, 3.05) is 6.61 Å². The van der Waals surface area contributed by atoms with Crippen LogP contribution in [0, 0.1) is 0 Å². The Morgan fingerprint density at radius 2 is 1.81 bits per heavy atom. The van der Waals surface area contributed by atoms with Crippen LogP contribution in [0.2, 0.25) is 0 Å². The zero-order valence-corrected chi connectivity index (χ0v) is 15.9. The molecule has 27 heavy (non-hydrogen) atoms. The molecule has 0 aliphatic carbocycles. The highest BCUT2D eigenvalue weighted by molar-refractivity contribution is 7.80. The van der Waals surface area contributed by atoms with E-state index in [0.717, 1.165) is 18.6 Å². The largest absolute Gasteiger partial charge is 0.494 e. The average Bonchev–Trinajstić information content (AvgIpc) is 3.21. The van der Waals surface area contributed by atoms with Crippen LogP contribution in [0.3, 0.4) is 0 Å². The van der Waals surface area contributed by atoms with Crippen LogP contribution in [-0.4, -0.2) is 23.5 Å². The van der Waals surface area contributed by atoms with E-state index in [9.17, 15) is 9.59 Å². The number of amides is 2. The highest BCUT2D eigenvalue weighted by atomic mass is 32.1. The lowest BCUT2D eigenvalue weighted by Crippen LogP contribution is -2.48. The molecule has 2 amide bonds. The molecule has 0 bridgehead atoms. The third-order valence-electron chi connectivity index (χ3n) is 3.64. The van der Waals surface area contributed by atoms with Crippen molar-refractivity contribution in [2.24, 2.45) is 0 Å². The van der Waals surface area contributed by atoms with Gasteiger partial charge in [-0.15, -0.1) is 0 Å². The molecule has 0 radical (unpaired) electrons.